The lowest BCUT2D eigenvalue weighted by Crippen LogP contribution is -2.49. The Labute approximate surface area is 199 Å². The molecule has 0 aromatic heterocycles. The number of hydrogen-bond donors (Lipinski definition) is 3. The SMILES string of the molecule is Cc1ccc(OCC(=O)NNC(=S)NC(=O)CCCC(=O)OCCCc2ccccc2)cc1. The van der Waals surface area contributed by atoms with Crippen molar-refractivity contribution in [3.05, 3.63) is 65.7 Å². The van der Waals surface area contributed by atoms with Gasteiger partial charge >= 0.3 is 5.97 Å². The summed E-state index contributed by atoms with van der Waals surface area (Å²) in [7, 11) is 0. The molecule has 8 nitrogen and oxygen atoms in total. The van der Waals surface area contributed by atoms with E-state index in [9.17, 15) is 14.4 Å². The molecule has 2 amide bonds. The van der Waals surface area contributed by atoms with E-state index in [1.165, 1.54) is 5.56 Å². The number of esters is 1. The molecule has 33 heavy (non-hydrogen) atoms. The fourth-order valence-electron chi connectivity index (χ4n) is 2.74. The van der Waals surface area contributed by atoms with Gasteiger partial charge in [0.2, 0.25) is 5.91 Å². The summed E-state index contributed by atoms with van der Waals surface area (Å²) < 4.78 is 10.5. The van der Waals surface area contributed by atoms with Crippen LogP contribution in [0.5, 0.6) is 5.75 Å². The van der Waals surface area contributed by atoms with Crippen molar-refractivity contribution < 1.29 is 23.9 Å². The molecule has 0 saturated heterocycles. The summed E-state index contributed by atoms with van der Waals surface area (Å²) in [5.74, 6) is -0.588. The first kappa shape index (κ1) is 25.8. The van der Waals surface area contributed by atoms with Crippen LogP contribution in [0.25, 0.3) is 0 Å². The smallest absolute Gasteiger partial charge is 0.305 e. The van der Waals surface area contributed by atoms with Crippen molar-refractivity contribution in [1.29, 1.82) is 0 Å². The maximum atomic E-state index is 11.9. The Morgan fingerprint density at radius 3 is 2.33 bits per heavy atom. The number of carbonyl (C=O) groups is 3. The number of carbonyl (C=O) groups excluding carboxylic acids is 3. The Morgan fingerprint density at radius 1 is 0.879 bits per heavy atom. The zero-order chi connectivity index (χ0) is 23.9. The minimum Gasteiger partial charge on any atom is -0.484 e. The van der Waals surface area contributed by atoms with Crippen molar-refractivity contribution in [2.45, 2.75) is 39.0 Å². The van der Waals surface area contributed by atoms with E-state index in [1.54, 1.807) is 12.1 Å². The zero-order valence-corrected chi connectivity index (χ0v) is 19.4. The van der Waals surface area contributed by atoms with E-state index in [-0.39, 0.29) is 36.4 Å². The van der Waals surface area contributed by atoms with E-state index in [2.05, 4.69) is 16.2 Å². The van der Waals surface area contributed by atoms with Crippen LogP contribution in [0.1, 0.15) is 36.8 Å². The lowest BCUT2D eigenvalue weighted by molar-refractivity contribution is -0.143. The molecule has 2 aromatic carbocycles. The standard InChI is InChI=1S/C24H29N3O5S/c1-18-12-14-20(15-13-18)32-17-22(29)26-27-24(33)25-21(28)10-5-11-23(30)31-16-6-9-19-7-3-2-4-8-19/h2-4,7-8,12-15H,5-6,9-11,16-17H2,1H3,(H,26,29)(H2,25,27,28,33). The molecule has 0 radical (unpaired) electrons. The highest BCUT2D eigenvalue weighted by Crippen LogP contribution is 2.10. The van der Waals surface area contributed by atoms with E-state index in [0.29, 0.717) is 18.8 Å². The highest BCUT2D eigenvalue weighted by molar-refractivity contribution is 7.80. The van der Waals surface area contributed by atoms with Crippen molar-refractivity contribution in [2.24, 2.45) is 0 Å². The van der Waals surface area contributed by atoms with Crippen LogP contribution in [-0.4, -0.2) is 36.1 Å². The van der Waals surface area contributed by atoms with Gasteiger partial charge in [-0.15, -0.1) is 0 Å². The summed E-state index contributed by atoms with van der Waals surface area (Å²) in [6, 6.07) is 17.3. The monoisotopic (exact) mass is 471 g/mol. The highest BCUT2D eigenvalue weighted by atomic mass is 32.1. The number of amides is 2. The molecular formula is C24H29N3O5S. The fourth-order valence-corrected chi connectivity index (χ4v) is 2.90. The summed E-state index contributed by atoms with van der Waals surface area (Å²) in [5, 5.41) is 2.38. The van der Waals surface area contributed by atoms with Gasteiger partial charge in [0, 0.05) is 12.8 Å². The Bertz CT molecular complexity index is 919. The van der Waals surface area contributed by atoms with Gasteiger partial charge in [0.25, 0.3) is 5.91 Å². The largest absolute Gasteiger partial charge is 0.484 e. The summed E-state index contributed by atoms with van der Waals surface area (Å²) >= 11 is 4.96. The molecule has 9 heteroatoms. The van der Waals surface area contributed by atoms with Crippen LogP contribution in [0.2, 0.25) is 0 Å². The molecule has 0 aliphatic rings. The second-order valence-electron chi connectivity index (χ2n) is 7.32. The van der Waals surface area contributed by atoms with Gasteiger partial charge in [-0.25, -0.2) is 0 Å². The molecule has 0 fully saturated rings. The maximum Gasteiger partial charge on any atom is 0.305 e. The number of rotatable bonds is 11. The quantitative estimate of drug-likeness (QED) is 0.200. The van der Waals surface area contributed by atoms with Crippen molar-refractivity contribution >= 4 is 35.1 Å². The number of aryl methyl sites for hydroxylation is 2. The van der Waals surface area contributed by atoms with Gasteiger partial charge in [-0.3, -0.25) is 25.2 Å². The highest BCUT2D eigenvalue weighted by Gasteiger charge is 2.09. The lowest BCUT2D eigenvalue weighted by atomic mass is 10.1. The summed E-state index contributed by atoms with van der Waals surface area (Å²) in [6.45, 7) is 2.09. The van der Waals surface area contributed by atoms with Gasteiger partial charge in [0.1, 0.15) is 5.75 Å². The normalized spacial score (nSPS) is 10.1. The minimum atomic E-state index is -0.456. The molecule has 0 atom stereocenters. The first-order valence-corrected chi connectivity index (χ1v) is 11.1. The van der Waals surface area contributed by atoms with Gasteiger partial charge in [0.15, 0.2) is 11.7 Å². The Hall–Kier alpha value is -3.46. The van der Waals surface area contributed by atoms with Crippen molar-refractivity contribution in [2.75, 3.05) is 13.2 Å². The minimum absolute atomic E-state index is 0.0489. The third-order valence-corrected chi connectivity index (χ3v) is 4.66. The van der Waals surface area contributed by atoms with E-state index in [4.69, 9.17) is 21.7 Å². The van der Waals surface area contributed by atoms with E-state index >= 15 is 0 Å². The molecule has 3 N–H and O–H groups in total. The topological polar surface area (TPSA) is 106 Å². The number of hydrogen-bond acceptors (Lipinski definition) is 6. The second kappa shape index (κ2) is 14.6. The lowest BCUT2D eigenvalue weighted by Gasteiger charge is -2.11. The predicted octanol–water partition coefficient (Wildman–Crippen LogP) is 2.74. The second-order valence-corrected chi connectivity index (χ2v) is 7.72. The molecule has 0 heterocycles. The molecule has 2 rings (SSSR count). The van der Waals surface area contributed by atoms with Crippen LogP contribution in [0.3, 0.4) is 0 Å². The van der Waals surface area contributed by atoms with Gasteiger partial charge in [-0.2, -0.15) is 0 Å². The molecule has 0 aliphatic carbocycles. The Balaban J connectivity index is 1.49. The number of benzene rings is 2. The fraction of sp³-hybridized carbons (Fsp3) is 0.333. The van der Waals surface area contributed by atoms with Crippen LogP contribution < -0.4 is 20.9 Å². The molecule has 2 aromatic rings. The van der Waals surface area contributed by atoms with Gasteiger partial charge in [0.05, 0.1) is 6.61 Å². The first-order valence-electron chi connectivity index (χ1n) is 10.7. The molecule has 0 bridgehead atoms. The molecule has 176 valence electrons. The van der Waals surface area contributed by atoms with Crippen LogP contribution >= 0.6 is 12.2 Å². The van der Waals surface area contributed by atoms with E-state index in [0.717, 1.165) is 18.4 Å². The molecular weight excluding hydrogens is 442 g/mol. The maximum absolute atomic E-state index is 11.9. The number of hydrazine groups is 1. The molecule has 0 spiro atoms. The third kappa shape index (κ3) is 11.6. The van der Waals surface area contributed by atoms with Gasteiger partial charge in [-0.05, 0) is 56.1 Å². The van der Waals surface area contributed by atoms with Crippen LogP contribution in [0, 0.1) is 6.92 Å². The molecule has 0 saturated carbocycles. The van der Waals surface area contributed by atoms with E-state index < -0.39 is 5.91 Å². The summed E-state index contributed by atoms with van der Waals surface area (Å²) in [6.07, 6.45) is 2.17. The first-order chi connectivity index (χ1) is 15.9. The third-order valence-electron chi connectivity index (χ3n) is 4.46. The predicted molar refractivity (Wildman–Crippen MR) is 128 cm³/mol. The van der Waals surface area contributed by atoms with Crippen LogP contribution in [0.15, 0.2) is 54.6 Å². The van der Waals surface area contributed by atoms with Crippen molar-refractivity contribution in [3.63, 3.8) is 0 Å². The zero-order valence-electron chi connectivity index (χ0n) is 18.6. The average Bonchev–Trinajstić information content (AvgIpc) is 2.81. The molecule has 0 aliphatic heterocycles. The Morgan fingerprint density at radius 2 is 1.61 bits per heavy atom. The van der Waals surface area contributed by atoms with Gasteiger partial charge in [-0.1, -0.05) is 48.0 Å². The van der Waals surface area contributed by atoms with Crippen molar-refractivity contribution in [3.8, 4) is 5.75 Å². The summed E-state index contributed by atoms with van der Waals surface area (Å²) in [5.41, 5.74) is 7.06. The summed E-state index contributed by atoms with van der Waals surface area (Å²) in [4.78, 5) is 35.5. The number of nitrogens with one attached hydrogen (secondary N) is 3. The van der Waals surface area contributed by atoms with Crippen LogP contribution in [0.4, 0.5) is 0 Å². The van der Waals surface area contributed by atoms with Gasteiger partial charge < -0.3 is 14.8 Å². The number of thiocarbonyl (C=S) groups is 1. The average molecular weight is 472 g/mol. The van der Waals surface area contributed by atoms with E-state index in [1.807, 2.05) is 49.4 Å². The molecule has 0 unspecified atom stereocenters. The number of ether oxygens (including phenoxy) is 2. The Kier molecular flexibility index (Phi) is 11.4. The van der Waals surface area contributed by atoms with Crippen LogP contribution in [-0.2, 0) is 25.5 Å². The van der Waals surface area contributed by atoms with Crippen molar-refractivity contribution in [1.82, 2.24) is 16.2 Å².